The Labute approximate surface area is 99.4 Å². The molecule has 0 amide bonds. The van der Waals surface area contributed by atoms with Gasteiger partial charge in [-0.05, 0) is 31.2 Å². The van der Waals surface area contributed by atoms with Crippen LogP contribution < -0.4 is 4.72 Å². The van der Waals surface area contributed by atoms with E-state index < -0.39 is 15.6 Å². The van der Waals surface area contributed by atoms with Gasteiger partial charge in [0.15, 0.2) is 0 Å². The first-order valence-corrected chi connectivity index (χ1v) is 7.59. The predicted octanol–water partition coefficient (Wildman–Crippen LogP) is 1.04. The highest BCUT2D eigenvalue weighted by atomic mass is 32.2. The maximum atomic E-state index is 11.6. The van der Waals surface area contributed by atoms with Crippen LogP contribution in [0.4, 0.5) is 0 Å². The second kappa shape index (κ2) is 4.10. The number of hydrogen-bond acceptors (Lipinski definition) is 4. The van der Waals surface area contributed by atoms with Gasteiger partial charge in [0.25, 0.3) is 0 Å². The first kappa shape index (κ1) is 12.0. The van der Waals surface area contributed by atoms with E-state index >= 15 is 0 Å². The van der Waals surface area contributed by atoms with Gasteiger partial charge in [-0.15, -0.1) is 11.3 Å². The molecule has 1 unspecified atom stereocenters. The van der Waals surface area contributed by atoms with Crippen molar-refractivity contribution < 1.29 is 13.5 Å². The van der Waals surface area contributed by atoms with E-state index in [1.165, 1.54) is 11.3 Å². The third-order valence-electron chi connectivity index (χ3n) is 2.63. The number of rotatable bonds is 5. The lowest BCUT2D eigenvalue weighted by Crippen LogP contribution is -2.39. The molecule has 6 heteroatoms. The molecule has 1 aromatic heterocycles. The molecular formula is C10H15NO3S2. The molecule has 1 atom stereocenters. The lowest BCUT2D eigenvalue weighted by molar-refractivity contribution is 0.0666. The average molecular weight is 261 g/mol. The summed E-state index contributed by atoms with van der Waals surface area (Å²) in [6.07, 6.45) is 1.47. The third-order valence-corrected chi connectivity index (χ3v) is 5.65. The molecule has 1 saturated carbocycles. The molecule has 0 spiro atoms. The standard InChI is InChI=1S/C10H15NO3S2/c1-10(12,9-3-2-6-15-9)7-11-16(13,14)8-4-5-8/h2-3,6,8,11-12H,4-5,7H2,1H3. The van der Waals surface area contributed by atoms with Crippen molar-refractivity contribution in [3.8, 4) is 0 Å². The Balaban J connectivity index is 1.99. The summed E-state index contributed by atoms with van der Waals surface area (Å²) in [5.41, 5.74) is -1.13. The van der Waals surface area contributed by atoms with Crippen LogP contribution >= 0.6 is 11.3 Å². The van der Waals surface area contributed by atoms with Gasteiger partial charge in [-0.3, -0.25) is 0 Å². The molecule has 1 aliphatic carbocycles. The summed E-state index contributed by atoms with van der Waals surface area (Å²) in [5.74, 6) is 0. The van der Waals surface area contributed by atoms with Crippen molar-refractivity contribution in [1.82, 2.24) is 4.72 Å². The van der Waals surface area contributed by atoms with Gasteiger partial charge in [-0.25, -0.2) is 13.1 Å². The van der Waals surface area contributed by atoms with Crippen LogP contribution in [0.2, 0.25) is 0 Å². The number of hydrogen-bond donors (Lipinski definition) is 2. The molecule has 16 heavy (non-hydrogen) atoms. The van der Waals surface area contributed by atoms with Crippen molar-refractivity contribution >= 4 is 21.4 Å². The second-order valence-electron chi connectivity index (χ2n) is 4.32. The van der Waals surface area contributed by atoms with E-state index in [0.29, 0.717) is 0 Å². The molecule has 90 valence electrons. The van der Waals surface area contributed by atoms with E-state index in [4.69, 9.17) is 0 Å². The fourth-order valence-corrected chi connectivity index (χ4v) is 3.67. The van der Waals surface area contributed by atoms with Gasteiger partial charge >= 0.3 is 0 Å². The highest BCUT2D eigenvalue weighted by Gasteiger charge is 2.37. The number of aliphatic hydroxyl groups is 1. The summed E-state index contributed by atoms with van der Waals surface area (Å²) in [6, 6.07) is 3.64. The summed E-state index contributed by atoms with van der Waals surface area (Å²) in [6.45, 7) is 1.65. The number of nitrogens with one attached hydrogen (secondary N) is 1. The van der Waals surface area contributed by atoms with Crippen LogP contribution in [-0.4, -0.2) is 25.3 Å². The average Bonchev–Trinajstić information content (AvgIpc) is 2.92. The minimum atomic E-state index is -3.22. The summed E-state index contributed by atoms with van der Waals surface area (Å²) in [5, 5.41) is 11.7. The highest BCUT2D eigenvalue weighted by molar-refractivity contribution is 7.90. The quantitative estimate of drug-likeness (QED) is 0.832. The van der Waals surface area contributed by atoms with Crippen molar-refractivity contribution in [1.29, 1.82) is 0 Å². The van der Waals surface area contributed by atoms with E-state index in [1.807, 2.05) is 11.4 Å². The van der Waals surface area contributed by atoms with E-state index in [9.17, 15) is 13.5 Å². The zero-order valence-electron chi connectivity index (χ0n) is 9.01. The molecule has 1 fully saturated rings. The summed E-state index contributed by atoms with van der Waals surface area (Å²) in [7, 11) is -3.22. The topological polar surface area (TPSA) is 66.4 Å². The van der Waals surface area contributed by atoms with Crippen molar-refractivity contribution in [2.24, 2.45) is 0 Å². The van der Waals surface area contributed by atoms with Crippen LogP contribution in [0, 0.1) is 0 Å². The fraction of sp³-hybridized carbons (Fsp3) is 0.600. The minimum absolute atomic E-state index is 0.0341. The van der Waals surface area contributed by atoms with E-state index in [2.05, 4.69) is 4.72 Å². The summed E-state index contributed by atoms with van der Waals surface area (Å²) >= 11 is 1.42. The van der Waals surface area contributed by atoms with Crippen LogP contribution in [0.25, 0.3) is 0 Å². The van der Waals surface area contributed by atoms with Crippen molar-refractivity contribution in [3.63, 3.8) is 0 Å². The lowest BCUT2D eigenvalue weighted by atomic mass is 10.1. The van der Waals surface area contributed by atoms with Crippen LogP contribution in [0.3, 0.4) is 0 Å². The van der Waals surface area contributed by atoms with Crippen molar-refractivity contribution in [2.75, 3.05) is 6.54 Å². The molecular weight excluding hydrogens is 246 g/mol. The highest BCUT2D eigenvalue weighted by Crippen LogP contribution is 2.29. The summed E-state index contributed by atoms with van der Waals surface area (Å²) < 4.78 is 25.7. The SMILES string of the molecule is CC(O)(CNS(=O)(=O)C1CC1)c1cccs1. The molecule has 1 heterocycles. The Kier molecular flexibility index (Phi) is 3.09. The van der Waals surface area contributed by atoms with Crippen LogP contribution in [-0.2, 0) is 15.6 Å². The molecule has 0 aromatic carbocycles. The minimum Gasteiger partial charge on any atom is -0.383 e. The third kappa shape index (κ3) is 2.63. The molecule has 1 aliphatic rings. The fourth-order valence-electron chi connectivity index (χ4n) is 1.41. The molecule has 0 aliphatic heterocycles. The van der Waals surface area contributed by atoms with Crippen LogP contribution in [0.5, 0.6) is 0 Å². The first-order valence-electron chi connectivity index (χ1n) is 5.17. The Bertz CT molecular complexity index is 446. The van der Waals surface area contributed by atoms with E-state index in [1.54, 1.807) is 13.0 Å². The van der Waals surface area contributed by atoms with Gasteiger partial charge in [0, 0.05) is 11.4 Å². The van der Waals surface area contributed by atoms with Gasteiger partial charge < -0.3 is 5.11 Å². The maximum Gasteiger partial charge on any atom is 0.214 e. The maximum absolute atomic E-state index is 11.6. The van der Waals surface area contributed by atoms with E-state index in [-0.39, 0.29) is 11.8 Å². The second-order valence-corrected chi connectivity index (χ2v) is 7.31. The zero-order valence-corrected chi connectivity index (χ0v) is 10.6. The molecule has 4 nitrogen and oxygen atoms in total. The van der Waals surface area contributed by atoms with Gasteiger partial charge in [0.2, 0.25) is 10.0 Å². The van der Waals surface area contributed by atoms with Gasteiger partial charge in [0.1, 0.15) is 5.60 Å². The normalized spacial score (nSPS) is 20.6. The first-order chi connectivity index (χ1) is 7.42. The predicted molar refractivity (Wildman–Crippen MR) is 63.8 cm³/mol. The molecule has 2 rings (SSSR count). The molecule has 2 N–H and O–H groups in total. The molecule has 0 radical (unpaired) electrons. The van der Waals surface area contributed by atoms with Crippen LogP contribution in [0.15, 0.2) is 17.5 Å². The molecule has 1 aromatic rings. The van der Waals surface area contributed by atoms with Crippen molar-refractivity contribution in [2.45, 2.75) is 30.6 Å². The Morgan fingerprint density at radius 1 is 1.62 bits per heavy atom. The number of sulfonamides is 1. The van der Waals surface area contributed by atoms with Gasteiger partial charge in [-0.1, -0.05) is 6.07 Å². The van der Waals surface area contributed by atoms with Crippen molar-refractivity contribution in [3.05, 3.63) is 22.4 Å². The Morgan fingerprint density at radius 3 is 2.81 bits per heavy atom. The van der Waals surface area contributed by atoms with E-state index in [0.717, 1.165) is 17.7 Å². The molecule has 0 saturated heterocycles. The largest absolute Gasteiger partial charge is 0.383 e. The zero-order chi connectivity index (χ0) is 11.8. The monoisotopic (exact) mass is 261 g/mol. The van der Waals surface area contributed by atoms with Gasteiger partial charge in [0.05, 0.1) is 5.25 Å². The van der Waals surface area contributed by atoms with Crippen LogP contribution in [0.1, 0.15) is 24.6 Å². The van der Waals surface area contributed by atoms with Gasteiger partial charge in [-0.2, -0.15) is 0 Å². The Hall–Kier alpha value is -0.430. The molecule has 0 bridgehead atoms. The number of thiophene rings is 1. The smallest absolute Gasteiger partial charge is 0.214 e. The Morgan fingerprint density at radius 2 is 2.31 bits per heavy atom. The summed E-state index contributed by atoms with van der Waals surface area (Å²) in [4.78, 5) is 0.769. The lowest BCUT2D eigenvalue weighted by Gasteiger charge is -2.22.